The first kappa shape index (κ1) is 14.8. The highest BCUT2D eigenvalue weighted by Crippen LogP contribution is 2.23. The summed E-state index contributed by atoms with van der Waals surface area (Å²) in [6.45, 7) is 3.80. The van der Waals surface area contributed by atoms with Crippen molar-refractivity contribution < 1.29 is 9.21 Å². The molecule has 0 aliphatic heterocycles. The number of thiophene rings is 1. The highest BCUT2D eigenvalue weighted by Gasteiger charge is 2.12. The van der Waals surface area contributed by atoms with Crippen molar-refractivity contribution in [3.63, 3.8) is 0 Å². The SMILES string of the molecule is CCCC(=NNC(=O)c1ccoc1C)c1ccc(Cl)s1. The van der Waals surface area contributed by atoms with E-state index in [2.05, 4.69) is 17.5 Å². The first-order valence-corrected chi connectivity index (χ1v) is 7.48. The molecule has 106 valence electrons. The second kappa shape index (κ2) is 6.72. The molecule has 6 heteroatoms. The van der Waals surface area contributed by atoms with Gasteiger partial charge in [-0.15, -0.1) is 11.3 Å². The summed E-state index contributed by atoms with van der Waals surface area (Å²) in [7, 11) is 0. The number of nitrogens with one attached hydrogen (secondary N) is 1. The number of carbonyl (C=O) groups excluding carboxylic acids is 1. The molecule has 0 unspecified atom stereocenters. The Kier molecular flexibility index (Phi) is 4.98. The van der Waals surface area contributed by atoms with Gasteiger partial charge in [-0.1, -0.05) is 24.9 Å². The first-order chi connectivity index (χ1) is 9.61. The summed E-state index contributed by atoms with van der Waals surface area (Å²) in [5.74, 6) is 0.307. The Bertz CT molecular complexity index is 631. The van der Waals surface area contributed by atoms with E-state index in [9.17, 15) is 4.79 Å². The average molecular weight is 311 g/mol. The standard InChI is InChI=1S/C14H15ClN2O2S/c1-3-4-11(12-5-6-13(15)20-12)16-17-14(18)10-7-8-19-9(10)2/h5-8H,3-4H2,1-2H3,(H,17,18). The molecule has 1 amide bonds. The van der Waals surface area contributed by atoms with E-state index < -0.39 is 0 Å². The molecule has 4 nitrogen and oxygen atoms in total. The van der Waals surface area contributed by atoms with Gasteiger partial charge in [0.1, 0.15) is 5.76 Å². The van der Waals surface area contributed by atoms with Crippen LogP contribution in [-0.2, 0) is 0 Å². The van der Waals surface area contributed by atoms with E-state index in [1.807, 2.05) is 12.1 Å². The number of carbonyl (C=O) groups is 1. The quantitative estimate of drug-likeness (QED) is 0.663. The van der Waals surface area contributed by atoms with Crippen LogP contribution in [0.2, 0.25) is 4.34 Å². The summed E-state index contributed by atoms with van der Waals surface area (Å²) in [5.41, 5.74) is 3.90. The lowest BCUT2D eigenvalue weighted by atomic mass is 10.2. The summed E-state index contributed by atoms with van der Waals surface area (Å²) in [4.78, 5) is 12.9. The summed E-state index contributed by atoms with van der Waals surface area (Å²) in [6.07, 6.45) is 3.20. The monoisotopic (exact) mass is 310 g/mol. The lowest BCUT2D eigenvalue weighted by molar-refractivity contribution is 0.0953. The van der Waals surface area contributed by atoms with Gasteiger partial charge in [-0.25, -0.2) is 5.43 Å². The third kappa shape index (κ3) is 3.49. The molecule has 0 aliphatic carbocycles. The van der Waals surface area contributed by atoms with E-state index in [1.54, 1.807) is 13.0 Å². The van der Waals surface area contributed by atoms with Crippen molar-refractivity contribution in [1.82, 2.24) is 5.43 Å². The van der Waals surface area contributed by atoms with Crippen molar-refractivity contribution in [2.24, 2.45) is 5.10 Å². The first-order valence-electron chi connectivity index (χ1n) is 6.28. The molecule has 2 rings (SSSR count). The van der Waals surface area contributed by atoms with Crippen LogP contribution in [-0.4, -0.2) is 11.6 Å². The number of hydrogen-bond acceptors (Lipinski definition) is 4. The molecule has 2 aromatic heterocycles. The summed E-state index contributed by atoms with van der Waals surface area (Å²) >= 11 is 7.39. The molecule has 0 spiro atoms. The Morgan fingerprint density at radius 1 is 1.45 bits per heavy atom. The fourth-order valence-electron chi connectivity index (χ4n) is 1.74. The van der Waals surface area contributed by atoms with Crippen LogP contribution in [0.3, 0.4) is 0 Å². The number of hydrazone groups is 1. The van der Waals surface area contributed by atoms with Crippen LogP contribution in [0.15, 0.2) is 34.0 Å². The topological polar surface area (TPSA) is 54.6 Å². The maximum absolute atomic E-state index is 12.0. The van der Waals surface area contributed by atoms with Gasteiger partial charge in [-0.05, 0) is 31.5 Å². The molecule has 0 saturated heterocycles. The van der Waals surface area contributed by atoms with E-state index in [0.29, 0.717) is 15.7 Å². The number of aryl methyl sites for hydroxylation is 1. The molecule has 0 bridgehead atoms. The smallest absolute Gasteiger partial charge is 0.274 e. The molecule has 2 heterocycles. The van der Waals surface area contributed by atoms with Crippen LogP contribution in [0.4, 0.5) is 0 Å². The molecule has 0 saturated carbocycles. The predicted octanol–water partition coefficient (Wildman–Crippen LogP) is 4.24. The van der Waals surface area contributed by atoms with Crippen LogP contribution >= 0.6 is 22.9 Å². The van der Waals surface area contributed by atoms with Crippen molar-refractivity contribution in [1.29, 1.82) is 0 Å². The lowest BCUT2D eigenvalue weighted by Crippen LogP contribution is -2.20. The molecule has 0 aliphatic rings. The van der Waals surface area contributed by atoms with Gasteiger partial charge in [0.05, 0.1) is 26.8 Å². The van der Waals surface area contributed by atoms with Crippen LogP contribution in [0, 0.1) is 6.92 Å². The van der Waals surface area contributed by atoms with Crippen molar-refractivity contribution in [2.75, 3.05) is 0 Å². The Labute approximate surface area is 126 Å². The molecule has 2 aromatic rings. The molecule has 0 radical (unpaired) electrons. The van der Waals surface area contributed by atoms with Gasteiger partial charge in [-0.2, -0.15) is 5.10 Å². The van der Waals surface area contributed by atoms with Gasteiger partial charge in [-0.3, -0.25) is 4.79 Å². The van der Waals surface area contributed by atoms with E-state index >= 15 is 0 Å². The molecule has 1 N–H and O–H groups in total. The van der Waals surface area contributed by atoms with Crippen LogP contribution in [0.1, 0.15) is 40.8 Å². The summed E-state index contributed by atoms with van der Waals surface area (Å²) < 4.78 is 5.81. The largest absolute Gasteiger partial charge is 0.469 e. The predicted molar refractivity (Wildman–Crippen MR) is 81.7 cm³/mol. The van der Waals surface area contributed by atoms with Gasteiger partial charge >= 0.3 is 0 Å². The van der Waals surface area contributed by atoms with Gasteiger partial charge in [0, 0.05) is 0 Å². The second-order valence-corrected chi connectivity index (χ2v) is 5.96. The minimum Gasteiger partial charge on any atom is -0.469 e. The third-order valence-corrected chi connectivity index (χ3v) is 4.02. The van der Waals surface area contributed by atoms with E-state index in [0.717, 1.165) is 23.4 Å². The van der Waals surface area contributed by atoms with Crippen molar-refractivity contribution in [3.05, 3.63) is 45.0 Å². The molecule has 0 fully saturated rings. The summed E-state index contributed by atoms with van der Waals surface area (Å²) in [5, 5.41) is 4.22. The van der Waals surface area contributed by atoms with Gasteiger partial charge in [0.15, 0.2) is 0 Å². The normalized spacial score (nSPS) is 11.7. The number of rotatable bonds is 5. The number of halogens is 1. The van der Waals surface area contributed by atoms with Crippen molar-refractivity contribution in [3.8, 4) is 0 Å². The van der Waals surface area contributed by atoms with Gasteiger partial charge in [0.2, 0.25) is 0 Å². The van der Waals surface area contributed by atoms with Gasteiger partial charge in [0.25, 0.3) is 5.91 Å². The molecular weight excluding hydrogens is 296 g/mol. The minimum atomic E-state index is -0.271. The summed E-state index contributed by atoms with van der Waals surface area (Å²) in [6, 6.07) is 5.37. The fraction of sp³-hybridized carbons (Fsp3) is 0.286. The molecular formula is C14H15ClN2O2S. The maximum Gasteiger partial charge on any atom is 0.274 e. The second-order valence-electron chi connectivity index (χ2n) is 4.24. The zero-order valence-electron chi connectivity index (χ0n) is 11.3. The highest BCUT2D eigenvalue weighted by atomic mass is 35.5. The Hall–Kier alpha value is -1.59. The van der Waals surface area contributed by atoms with E-state index in [1.165, 1.54) is 17.6 Å². The molecule has 0 aromatic carbocycles. The Balaban J connectivity index is 2.14. The number of amides is 1. The number of hydrogen-bond donors (Lipinski definition) is 1. The van der Waals surface area contributed by atoms with Crippen molar-refractivity contribution >= 4 is 34.6 Å². The minimum absolute atomic E-state index is 0.271. The van der Waals surface area contributed by atoms with Crippen LogP contribution in [0.25, 0.3) is 0 Å². The fourth-order valence-corrected chi connectivity index (χ4v) is 2.80. The molecule has 20 heavy (non-hydrogen) atoms. The number of furan rings is 1. The number of nitrogens with zero attached hydrogens (tertiary/aromatic N) is 1. The maximum atomic E-state index is 12.0. The van der Waals surface area contributed by atoms with Crippen LogP contribution in [0.5, 0.6) is 0 Å². The van der Waals surface area contributed by atoms with Crippen LogP contribution < -0.4 is 5.43 Å². The Morgan fingerprint density at radius 2 is 2.25 bits per heavy atom. The lowest BCUT2D eigenvalue weighted by Gasteiger charge is -2.03. The van der Waals surface area contributed by atoms with E-state index in [-0.39, 0.29) is 5.91 Å². The highest BCUT2D eigenvalue weighted by molar-refractivity contribution is 7.18. The van der Waals surface area contributed by atoms with E-state index in [4.69, 9.17) is 16.0 Å². The Morgan fingerprint density at radius 3 is 2.80 bits per heavy atom. The van der Waals surface area contributed by atoms with Gasteiger partial charge < -0.3 is 4.42 Å². The molecule has 0 atom stereocenters. The van der Waals surface area contributed by atoms with Crippen molar-refractivity contribution in [2.45, 2.75) is 26.7 Å². The average Bonchev–Trinajstić information content (AvgIpc) is 3.03. The zero-order valence-corrected chi connectivity index (χ0v) is 12.8. The zero-order chi connectivity index (χ0) is 14.5. The third-order valence-electron chi connectivity index (χ3n) is 2.74.